The Morgan fingerprint density at radius 2 is 1.44 bits per heavy atom. The molecule has 0 heterocycles. The molecule has 3 aromatic carbocycles. The van der Waals surface area contributed by atoms with Crippen LogP contribution >= 0.6 is 0 Å². The molecular weight excluding hydrogens is 542 g/mol. The Labute approximate surface area is 243 Å². The Morgan fingerprint density at radius 3 is 1.98 bits per heavy atom. The van der Waals surface area contributed by atoms with Crippen LogP contribution in [-0.4, -0.2) is 58.5 Å². The van der Waals surface area contributed by atoms with Gasteiger partial charge in [0.05, 0.1) is 24.8 Å². The molecule has 0 bridgehead atoms. The van der Waals surface area contributed by atoms with E-state index in [2.05, 4.69) is 5.32 Å². The molecule has 0 saturated carbocycles. The van der Waals surface area contributed by atoms with E-state index in [4.69, 9.17) is 9.47 Å². The number of rotatable bonds is 15. The van der Waals surface area contributed by atoms with Crippen molar-refractivity contribution in [2.24, 2.45) is 0 Å². The van der Waals surface area contributed by atoms with Crippen LogP contribution in [0, 0.1) is 0 Å². The highest BCUT2D eigenvalue weighted by molar-refractivity contribution is 7.92. The number of hydrogen-bond acceptors (Lipinski definition) is 6. The normalized spacial score (nSPS) is 11.8. The molecule has 3 rings (SSSR count). The van der Waals surface area contributed by atoms with Crippen LogP contribution in [0.5, 0.6) is 11.5 Å². The van der Waals surface area contributed by atoms with Crippen molar-refractivity contribution in [2.45, 2.75) is 50.6 Å². The number of carbonyl (C=O) groups is 2. The maximum atomic E-state index is 14.1. The van der Waals surface area contributed by atoms with E-state index in [1.54, 1.807) is 61.7 Å². The number of benzene rings is 3. The zero-order valence-corrected chi connectivity index (χ0v) is 24.9. The molecule has 0 fully saturated rings. The first-order valence-electron chi connectivity index (χ1n) is 13.7. The molecule has 220 valence electrons. The zero-order valence-electron chi connectivity index (χ0n) is 24.1. The second-order valence-corrected chi connectivity index (χ2v) is 11.3. The molecule has 0 radical (unpaired) electrons. The molecule has 41 heavy (non-hydrogen) atoms. The van der Waals surface area contributed by atoms with Crippen molar-refractivity contribution in [3.8, 4) is 11.5 Å². The number of ether oxygens (including phenoxy) is 2. The van der Waals surface area contributed by atoms with Gasteiger partial charge >= 0.3 is 0 Å². The van der Waals surface area contributed by atoms with Crippen molar-refractivity contribution in [1.82, 2.24) is 10.2 Å². The van der Waals surface area contributed by atoms with E-state index >= 15 is 0 Å². The Hall–Kier alpha value is -4.05. The highest BCUT2D eigenvalue weighted by Crippen LogP contribution is 2.27. The minimum absolute atomic E-state index is 0.0506. The van der Waals surface area contributed by atoms with Gasteiger partial charge in [0.15, 0.2) is 0 Å². The molecule has 1 unspecified atom stereocenters. The van der Waals surface area contributed by atoms with Gasteiger partial charge in [0.2, 0.25) is 11.8 Å². The van der Waals surface area contributed by atoms with Gasteiger partial charge in [-0.25, -0.2) is 8.42 Å². The molecule has 0 aliphatic rings. The van der Waals surface area contributed by atoms with Gasteiger partial charge in [0, 0.05) is 13.1 Å². The molecule has 0 aromatic heterocycles. The molecular formula is C31H39N3O6S. The quantitative estimate of drug-likeness (QED) is 0.263. The predicted octanol–water partition coefficient (Wildman–Crippen LogP) is 4.62. The predicted molar refractivity (Wildman–Crippen MR) is 160 cm³/mol. The third-order valence-corrected chi connectivity index (χ3v) is 8.49. The Morgan fingerprint density at radius 1 is 0.854 bits per heavy atom. The van der Waals surface area contributed by atoms with E-state index in [1.807, 2.05) is 26.0 Å². The summed E-state index contributed by atoms with van der Waals surface area (Å²) in [5.41, 5.74) is 1.08. The van der Waals surface area contributed by atoms with Crippen molar-refractivity contribution < 1.29 is 27.5 Å². The van der Waals surface area contributed by atoms with Gasteiger partial charge in [-0.15, -0.1) is 0 Å². The van der Waals surface area contributed by atoms with Crippen LogP contribution in [0.4, 0.5) is 5.69 Å². The summed E-state index contributed by atoms with van der Waals surface area (Å²) in [6.07, 6.45) is 2.09. The average molecular weight is 582 g/mol. The van der Waals surface area contributed by atoms with E-state index < -0.39 is 28.5 Å². The van der Waals surface area contributed by atoms with Crippen molar-refractivity contribution in [1.29, 1.82) is 0 Å². The fourth-order valence-corrected chi connectivity index (χ4v) is 5.79. The van der Waals surface area contributed by atoms with Gasteiger partial charge in [-0.1, -0.05) is 50.6 Å². The van der Waals surface area contributed by atoms with Gasteiger partial charge < -0.3 is 19.7 Å². The maximum Gasteiger partial charge on any atom is 0.264 e. The monoisotopic (exact) mass is 581 g/mol. The van der Waals surface area contributed by atoms with Crippen LogP contribution < -0.4 is 19.1 Å². The molecule has 0 aliphatic heterocycles. The molecule has 9 nitrogen and oxygen atoms in total. The Kier molecular flexibility index (Phi) is 11.6. The molecule has 2 amide bonds. The minimum atomic E-state index is -4.13. The first-order valence-corrected chi connectivity index (χ1v) is 15.1. The lowest BCUT2D eigenvalue weighted by molar-refractivity contribution is -0.140. The second-order valence-electron chi connectivity index (χ2n) is 9.46. The van der Waals surface area contributed by atoms with Gasteiger partial charge in [0.25, 0.3) is 10.0 Å². The van der Waals surface area contributed by atoms with Crippen LogP contribution in [-0.2, 0) is 26.2 Å². The van der Waals surface area contributed by atoms with Crippen LogP contribution in [0.3, 0.4) is 0 Å². The van der Waals surface area contributed by atoms with Crippen molar-refractivity contribution in [2.75, 3.05) is 31.6 Å². The first-order chi connectivity index (χ1) is 19.7. The molecule has 1 atom stereocenters. The first kappa shape index (κ1) is 31.5. The number of sulfonamides is 1. The topological polar surface area (TPSA) is 105 Å². The van der Waals surface area contributed by atoms with E-state index in [0.717, 1.165) is 22.7 Å². The number of hydrogen-bond donors (Lipinski definition) is 1. The zero-order chi connectivity index (χ0) is 29.8. The third-order valence-electron chi connectivity index (χ3n) is 6.70. The van der Waals surface area contributed by atoms with Crippen molar-refractivity contribution in [3.63, 3.8) is 0 Å². The van der Waals surface area contributed by atoms with E-state index in [1.165, 1.54) is 24.1 Å². The Balaban J connectivity index is 2.02. The molecule has 0 aliphatic carbocycles. The number of anilines is 1. The lowest BCUT2D eigenvalue weighted by Crippen LogP contribution is -2.52. The molecule has 1 N–H and O–H groups in total. The summed E-state index contributed by atoms with van der Waals surface area (Å²) in [5.74, 6) is 0.432. The SMILES string of the molecule is CCCCNC(=O)C(CC)N(Cc1ccc(OC)cc1)C(=O)CN(c1ccc(OC)cc1)S(=O)(=O)c1ccccc1. The van der Waals surface area contributed by atoms with Crippen molar-refractivity contribution >= 4 is 27.5 Å². The third kappa shape index (κ3) is 8.23. The van der Waals surface area contributed by atoms with Gasteiger partial charge in [0.1, 0.15) is 24.1 Å². The molecule has 3 aromatic rings. The fourth-order valence-electron chi connectivity index (χ4n) is 4.35. The summed E-state index contributed by atoms with van der Waals surface area (Å²) < 4.78 is 39.3. The van der Waals surface area contributed by atoms with Gasteiger partial charge in [-0.3, -0.25) is 13.9 Å². The number of carbonyl (C=O) groups excluding carboxylic acids is 2. The summed E-state index contributed by atoms with van der Waals surface area (Å²) in [5, 5.41) is 2.93. The average Bonchev–Trinajstić information content (AvgIpc) is 3.00. The van der Waals surface area contributed by atoms with E-state index in [0.29, 0.717) is 30.2 Å². The molecule has 0 spiro atoms. The summed E-state index contributed by atoms with van der Waals surface area (Å²) in [6.45, 7) is 3.98. The number of methoxy groups -OCH3 is 2. The maximum absolute atomic E-state index is 14.1. The number of amides is 2. The standard InChI is InChI=1S/C31H39N3O6S/c1-5-7-21-32-31(36)29(6-2)33(22-24-13-17-26(39-3)18-14-24)30(35)23-34(25-15-19-27(40-4)20-16-25)41(37,38)28-11-9-8-10-12-28/h8-20,29H,5-7,21-23H2,1-4H3,(H,32,36). The Bertz CT molecular complexity index is 1360. The lowest BCUT2D eigenvalue weighted by atomic mass is 10.1. The van der Waals surface area contributed by atoms with Crippen LogP contribution in [0.15, 0.2) is 83.8 Å². The van der Waals surface area contributed by atoms with Crippen LogP contribution in [0.1, 0.15) is 38.7 Å². The van der Waals surface area contributed by atoms with Crippen molar-refractivity contribution in [3.05, 3.63) is 84.4 Å². The van der Waals surface area contributed by atoms with Crippen LogP contribution in [0.2, 0.25) is 0 Å². The summed E-state index contributed by atoms with van der Waals surface area (Å²) in [7, 11) is -1.04. The number of nitrogens with zero attached hydrogens (tertiary/aromatic N) is 2. The van der Waals surface area contributed by atoms with Gasteiger partial charge in [-0.05, 0) is 66.9 Å². The number of unbranched alkanes of at least 4 members (excludes halogenated alkanes) is 1. The minimum Gasteiger partial charge on any atom is -0.497 e. The van der Waals surface area contributed by atoms with E-state index in [9.17, 15) is 18.0 Å². The fraction of sp³-hybridized carbons (Fsp3) is 0.355. The number of nitrogens with one attached hydrogen (secondary N) is 1. The summed E-state index contributed by atoms with van der Waals surface area (Å²) in [6, 6.07) is 20.8. The molecule has 0 saturated heterocycles. The van der Waals surface area contributed by atoms with Gasteiger partial charge in [-0.2, -0.15) is 0 Å². The highest BCUT2D eigenvalue weighted by atomic mass is 32.2. The summed E-state index contributed by atoms with van der Waals surface area (Å²) >= 11 is 0. The molecule has 10 heteroatoms. The lowest BCUT2D eigenvalue weighted by Gasteiger charge is -2.33. The smallest absolute Gasteiger partial charge is 0.264 e. The highest BCUT2D eigenvalue weighted by Gasteiger charge is 2.33. The van der Waals surface area contributed by atoms with Crippen LogP contribution in [0.25, 0.3) is 0 Å². The van der Waals surface area contributed by atoms with E-state index in [-0.39, 0.29) is 17.3 Å². The second kappa shape index (κ2) is 15.1. The summed E-state index contributed by atoms with van der Waals surface area (Å²) in [4.78, 5) is 28.8. The largest absolute Gasteiger partial charge is 0.497 e.